The maximum Gasteiger partial charge on any atom is 0.328 e. The van der Waals surface area contributed by atoms with Crippen LogP contribution in [0.5, 0.6) is 0 Å². The summed E-state index contributed by atoms with van der Waals surface area (Å²) in [7, 11) is 0. The Labute approximate surface area is 98.8 Å². The topological polar surface area (TPSA) is 75.1 Å². The molecule has 0 aromatic carbocycles. The molecular formula is C10H17F2N3O2. The van der Waals surface area contributed by atoms with E-state index >= 15 is 0 Å². The van der Waals surface area contributed by atoms with Crippen LogP contribution in [-0.2, 0) is 9.53 Å². The second kappa shape index (κ2) is 7.06. The average molecular weight is 249 g/mol. The Morgan fingerprint density at radius 3 is 2.53 bits per heavy atom. The molecule has 0 amide bonds. The van der Waals surface area contributed by atoms with Crippen molar-refractivity contribution in [3.05, 3.63) is 10.4 Å². The van der Waals surface area contributed by atoms with E-state index in [9.17, 15) is 13.6 Å². The molecule has 0 spiro atoms. The van der Waals surface area contributed by atoms with Gasteiger partial charge in [0.1, 0.15) is 0 Å². The van der Waals surface area contributed by atoms with Crippen LogP contribution in [0.15, 0.2) is 5.11 Å². The minimum Gasteiger partial charge on any atom is -0.466 e. The van der Waals surface area contributed by atoms with Gasteiger partial charge in [-0.3, -0.25) is 4.79 Å². The molecule has 0 aromatic heterocycles. The third kappa shape index (κ3) is 5.49. The van der Waals surface area contributed by atoms with Gasteiger partial charge in [0.15, 0.2) is 0 Å². The number of alkyl halides is 2. The molecule has 0 rings (SSSR count). The normalized spacial score (nSPS) is 14.6. The Morgan fingerprint density at radius 1 is 1.47 bits per heavy atom. The van der Waals surface area contributed by atoms with Crippen LogP contribution in [0.4, 0.5) is 8.78 Å². The molecule has 0 saturated carbocycles. The highest BCUT2D eigenvalue weighted by atomic mass is 19.3. The highest BCUT2D eigenvalue weighted by Crippen LogP contribution is 2.30. The quantitative estimate of drug-likeness (QED) is 0.227. The Bertz CT molecular complexity index is 304. The Kier molecular flexibility index (Phi) is 6.50. The predicted molar refractivity (Wildman–Crippen MR) is 58.3 cm³/mol. The monoisotopic (exact) mass is 249 g/mol. The molecule has 2 atom stereocenters. The fourth-order valence-electron chi connectivity index (χ4n) is 1.23. The van der Waals surface area contributed by atoms with E-state index in [2.05, 4.69) is 10.0 Å². The Balaban J connectivity index is 4.20. The predicted octanol–water partition coefficient (Wildman–Crippen LogP) is 3.51. The van der Waals surface area contributed by atoms with E-state index in [4.69, 9.17) is 10.3 Å². The van der Waals surface area contributed by atoms with Crippen molar-refractivity contribution in [3.63, 3.8) is 0 Å². The van der Waals surface area contributed by atoms with Gasteiger partial charge in [-0.05, 0) is 30.4 Å². The van der Waals surface area contributed by atoms with Crippen LogP contribution in [0.1, 0.15) is 33.6 Å². The number of esters is 1. The maximum atomic E-state index is 13.1. The van der Waals surface area contributed by atoms with Crippen LogP contribution >= 0.6 is 0 Å². The minimum atomic E-state index is -3.41. The molecule has 0 aliphatic carbocycles. The molecule has 0 heterocycles. The number of ether oxygens (including phenoxy) is 1. The molecule has 0 saturated heterocycles. The molecule has 2 unspecified atom stereocenters. The summed E-state index contributed by atoms with van der Waals surface area (Å²) in [5.74, 6) is -1.93. The number of carbonyl (C=O) groups excluding carboxylic acids is 1. The van der Waals surface area contributed by atoms with Gasteiger partial charge in [0.25, 0.3) is 0 Å². The Morgan fingerprint density at radius 2 is 2.06 bits per heavy atom. The first-order chi connectivity index (χ1) is 7.85. The Hall–Kier alpha value is -1.36. The van der Waals surface area contributed by atoms with E-state index in [-0.39, 0.29) is 19.4 Å². The van der Waals surface area contributed by atoms with Crippen LogP contribution in [0.2, 0.25) is 0 Å². The van der Waals surface area contributed by atoms with Gasteiger partial charge in [-0.1, -0.05) is 13.8 Å². The van der Waals surface area contributed by atoms with E-state index < -0.39 is 23.9 Å². The van der Waals surface area contributed by atoms with Gasteiger partial charge in [-0.15, -0.1) is 0 Å². The lowest BCUT2D eigenvalue weighted by Gasteiger charge is -2.19. The molecule has 7 heteroatoms. The molecule has 0 bridgehead atoms. The van der Waals surface area contributed by atoms with Crippen LogP contribution in [0, 0.1) is 11.8 Å². The largest absolute Gasteiger partial charge is 0.466 e. The van der Waals surface area contributed by atoms with E-state index in [0.29, 0.717) is 0 Å². The number of nitrogens with zero attached hydrogens (tertiary/aromatic N) is 3. The summed E-state index contributed by atoms with van der Waals surface area (Å²) in [5, 5.41) is 2.45. The van der Waals surface area contributed by atoms with Gasteiger partial charge < -0.3 is 4.74 Å². The molecule has 0 aromatic rings. The lowest BCUT2D eigenvalue weighted by Crippen LogP contribution is -2.24. The van der Waals surface area contributed by atoms with Crippen molar-refractivity contribution in [2.45, 2.75) is 39.7 Å². The molecule has 5 nitrogen and oxygen atoms in total. The molecule has 0 aliphatic rings. The summed E-state index contributed by atoms with van der Waals surface area (Å²) < 4.78 is 30.9. The summed E-state index contributed by atoms with van der Waals surface area (Å²) in [6.45, 7) is 4.86. The van der Waals surface area contributed by atoms with Crippen LogP contribution in [-0.4, -0.2) is 18.6 Å². The second-order valence-corrected chi connectivity index (χ2v) is 3.91. The first-order valence-corrected chi connectivity index (χ1v) is 5.45. The summed E-state index contributed by atoms with van der Waals surface area (Å²) in [5.41, 5.74) is 7.99. The van der Waals surface area contributed by atoms with E-state index in [1.54, 1.807) is 13.8 Å². The molecule has 98 valence electrons. The zero-order valence-electron chi connectivity index (χ0n) is 10.2. The third-order valence-corrected chi connectivity index (χ3v) is 2.49. The van der Waals surface area contributed by atoms with Crippen LogP contribution in [0.3, 0.4) is 0 Å². The first-order valence-electron chi connectivity index (χ1n) is 5.45. The smallest absolute Gasteiger partial charge is 0.328 e. The number of azide groups is 1. The van der Waals surface area contributed by atoms with Crippen molar-refractivity contribution < 1.29 is 18.3 Å². The van der Waals surface area contributed by atoms with Crippen molar-refractivity contribution in [1.82, 2.24) is 0 Å². The standard InChI is InChI=1S/C10H17F2N3O2/c1-4-17-9(16)7(2)5-6-8(3)10(11,12)14-15-13/h7-8H,4-6H2,1-3H3. The number of hydrogen-bond acceptors (Lipinski definition) is 3. The lowest BCUT2D eigenvalue weighted by molar-refractivity contribution is -0.148. The number of halogens is 2. The van der Waals surface area contributed by atoms with Crippen molar-refractivity contribution in [1.29, 1.82) is 0 Å². The summed E-state index contributed by atoms with van der Waals surface area (Å²) in [6, 6.07) is -3.41. The lowest BCUT2D eigenvalue weighted by atomic mass is 9.97. The van der Waals surface area contributed by atoms with Gasteiger partial charge >= 0.3 is 12.0 Å². The van der Waals surface area contributed by atoms with Crippen molar-refractivity contribution >= 4 is 5.97 Å². The summed E-state index contributed by atoms with van der Waals surface area (Å²) in [4.78, 5) is 13.3. The van der Waals surface area contributed by atoms with Gasteiger partial charge in [-0.25, -0.2) is 0 Å². The van der Waals surface area contributed by atoms with Crippen LogP contribution < -0.4 is 0 Å². The number of hydrogen-bond donors (Lipinski definition) is 0. The zero-order chi connectivity index (χ0) is 13.5. The van der Waals surface area contributed by atoms with Crippen molar-refractivity contribution in [2.24, 2.45) is 17.0 Å². The second-order valence-electron chi connectivity index (χ2n) is 3.91. The highest BCUT2D eigenvalue weighted by molar-refractivity contribution is 5.71. The number of carbonyl (C=O) groups is 1. The van der Waals surface area contributed by atoms with Crippen LogP contribution in [0.25, 0.3) is 10.4 Å². The summed E-state index contributed by atoms with van der Waals surface area (Å²) in [6.07, 6.45) is 0.364. The van der Waals surface area contributed by atoms with Gasteiger partial charge in [0.05, 0.1) is 12.5 Å². The first kappa shape index (κ1) is 15.6. The molecule has 0 fully saturated rings. The molecule has 17 heavy (non-hydrogen) atoms. The third-order valence-electron chi connectivity index (χ3n) is 2.49. The molecule has 0 radical (unpaired) electrons. The highest BCUT2D eigenvalue weighted by Gasteiger charge is 2.35. The van der Waals surface area contributed by atoms with Gasteiger partial charge in [-0.2, -0.15) is 8.78 Å². The van der Waals surface area contributed by atoms with E-state index in [1.807, 2.05) is 0 Å². The molecule has 0 aliphatic heterocycles. The fourth-order valence-corrected chi connectivity index (χ4v) is 1.23. The SMILES string of the molecule is CCOC(=O)C(C)CCC(C)C(F)(F)N=[N+]=[N-]. The van der Waals surface area contributed by atoms with Gasteiger partial charge in [0, 0.05) is 10.8 Å². The van der Waals surface area contributed by atoms with E-state index in [1.165, 1.54) is 6.92 Å². The van der Waals surface area contributed by atoms with Crippen molar-refractivity contribution in [2.75, 3.05) is 6.61 Å². The summed E-state index contributed by atoms with van der Waals surface area (Å²) >= 11 is 0. The zero-order valence-corrected chi connectivity index (χ0v) is 10.2. The number of rotatable bonds is 7. The fraction of sp³-hybridized carbons (Fsp3) is 0.900. The van der Waals surface area contributed by atoms with Gasteiger partial charge in [0.2, 0.25) is 0 Å². The average Bonchev–Trinajstić information content (AvgIpc) is 2.25. The maximum absolute atomic E-state index is 13.1. The van der Waals surface area contributed by atoms with E-state index in [0.717, 1.165) is 0 Å². The molecular weight excluding hydrogens is 232 g/mol. The molecule has 0 N–H and O–H groups in total. The van der Waals surface area contributed by atoms with Crippen molar-refractivity contribution in [3.8, 4) is 0 Å². The minimum absolute atomic E-state index is 0.0893.